The molecule has 0 aromatic rings. The largest absolute Gasteiger partial charge is 0.394 e. The quantitative estimate of drug-likeness (QED) is 0.0647. The maximum atomic E-state index is 10.8. The van der Waals surface area contributed by atoms with Gasteiger partial charge in [0.1, 0.15) is 122 Å². The monoisotopic (exact) mass is 828 g/mol. The van der Waals surface area contributed by atoms with Gasteiger partial charge in [-0.3, -0.25) is 0 Å². The zero-order chi connectivity index (χ0) is 41.3. The summed E-state index contributed by atoms with van der Waals surface area (Å²) in [6.07, 6.45) is -43.3. The Kier molecular flexibility index (Phi) is 16.1. The molecule has 0 aliphatic carbocycles. The van der Waals surface area contributed by atoms with Crippen LogP contribution in [0.15, 0.2) is 0 Å². The summed E-state index contributed by atoms with van der Waals surface area (Å²) in [4.78, 5) is 0. The van der Waals surface area contributed by atoms with Crippen LogP contribution < -0.4 is 0 Å². The zero-order valence-corrected chi connectivity index (χ0v) is 29.2. The molecule has 5 heterocycles. The van der Waals surface area contributed by atoms with Crippen molar-refractivity contribution < 1.29 is 129 Å². The molecule has 0 radical (unpaired) electrons. The van der Waals surface area contributed by atoms with Crippen molar-refractivity contribution in [1.29, 1.82) is 0 Å². The van der Waals surface area contributed by atoms with Gasteiger partial charge in [-0.25, -0.2) is 0 Å². The van der Waals surface area contributed by atoms with Crippen LogP contribution in [0.4, 0.5) is 0 Å². The van der Waals surface area contributed by atoms with Crippen LogP contribution in [0.5, 0.6) is 0 Å². The van der Waals surface area contributed by atoms with E-state index in [0.29, 0.717) is 0 Å². The molecule has 5 aliphatic heterocycles. The van der Waals surface area contributed by atoms with Gasteiger partial charge in [0, 0.05) is 0 Å². The van der Waals surface area contributed by atoms with E-state index in [-0.39, 0.29) is 0 Å². The number of aliphatic hydroxyl groups excluding tert-OH is 17. The lowest BCUT2D eigenvalue weighted by Crippen LogP contribution is -2.58. The van der Waals surface area contributed by atoms with Gasteiger partial charge in [0.25, 0.3) is 0 Å². The van der Waals surface area contributed by atoms with Crippen LogP contribution in [-0.2, 0) is 42.6 Å². The summed E-state index contributed by atoms with van der Waals surface area (Å²) in [7, 11) is 0. The first-order valence-electron chi connectivity index (χ1n) is 17.6. The molecule has 328 valence electrons. The summed E-state index contributed by atoms with van der Waals surface area (Å²) >= 11 is 0. The van der Waals surface area contributed by atoms with Crippen molar-refractivity contribution in [2.24, 2.45) is 0 Å². The van der Waals surface area contributed by atoms with E-state index < -0.39 is 187 Å². The summed E-state index contributed by atoms with van der Waals surface area (Å²) in [5, 5.41) is 173. The van der Waals surface area contributed by atoms with Gasteiger partial charge in [-0.05, 0) is 0 Å². The standard InChI is InChI=1S/C30H52O26/c31-1-6(35)22-13(38)19(44)28(53-22)50-8(3-33)24-15(40)21(46)30(55-24)52-9(4-34)25-16(41)20(45)29(56-25)51-7(2-32)23-14(39)18(43)27(54-23)48-5-10-11(36)12(37)17(42)26(47)49-10/h6-47H,1-5H2/t6?,7-,8-,9-,10-,11-,12+,13-,14-,15-,16-,17+,18-,19-,20-,21-,22+,23+,24+,25+,26?,27-,28-,29-,30-/m1/s1. The Hall–Kier alpha value is -1.04. The van der Waals surface area contributed by atoms with Gasteiger partial charge in [-0.2, -0.15) is 0 Å². The van der Waals surface area contributed by atoms with Gasteiger partial charge in [-0.1, -0.05) is 0 Å². The number of hydrogen-bond donors (Lipinski definition) is 17. The van der Waals surface area contributed by atoms with E-state index in [9.17, 15) is 81.7 Å². The van der Waals surface area contributed by atoms with E-state index in [1.54, 1.807) is 0 Å². The summed E-state index contributed by atoms with van der Waals surface area (Å²) in [6, 6.07) is 0. The lowest BCUT2D eigenvalue weighted by Gasteiger charge is -2.38. The summed E-state index contributed by atoms with van der Waals surface area (Å²) < 4.78 is 48.8. The number of ether oxygens (including phenoxy) is 9. The Bertz CT molecular complexity index is 1210. The molecule has 5 aliphatic rings. The lowest BCUT2D eigenvalue weighted by molar-refractivity contribution is -0.299. The summed E-state index contributed by atoms with van der Waals surface area (Å²) in [6.45, 7) is -4.33. The van der Waals surface area contributed by atoms with Crippen molar-refractivity contribution in [3.05, 3.63) is 0 Å². The molecule has 5 saturated heterocycles. The van der Waals surface area contributed by atoms with Crippen molar-refractivity contribution >= 4 is 0 Å². The van der Waals surface area contributed by atoms with E-state index in [1.165, 1.54) is 0 Å². The fourth-order valence-corrected chi connectivity index (χ4v) is 6.95. The molecule has 0 bridgehead atoms. The molecular formula is C30H52O26. The summed E-state index contributed by atoms with van der Waals surface area (Å²) in [5.74, 6) is 0. The maximum absolute atomic E-state index is 10.8. The third-order valence-electron chi connectivity index (χ3n) is 10.3. The molecule has 25 atom stereocenters. The number of hydrogen-bond acceptors (Lipinski definition) is 26. The molecular weight excluding hydrogens is 776 g/mol. The highest BCUT2D eigenvalue weighted by molar-refractivity contribution is 4.98. The van der Waals surface area contributed by atoms with Gasteiger partial charge >= 0.3 is 0 Å². The highest BCUT2D eigenvalue weighted by Crippen LogP contribution is 2.35. The Morgan fingerprint density at radius 2 is 0.732 bits per heavy atom. The van der Waals surface area contributed by atoms with Crippen molar-refractivity contribution in [1.82, 2.24) is 0 Å². The normalized spacial score (nSPS) is 49.3. The van der Waals surface area contributed by atoms with E-state index in [2.05, 4.69) is 0 Å². The minimum atomic E-state index is -1.93. The van der Waals surface area contributed by atoms with Crippen molar-refractivity contribution in [2.45, 2.75) is 154 Å². The third-order valence-corrected chi connectivity index (χ3v) is 10.3. The smallest absolute Gasteiger partial charge is 0.187 e. The maximum Gasteiger partial charge on any atom is 0.187 e. The highest BCUT2D eigenvalue weighted by Gasteiger charge is 2.56. The molecule has 0 aromatic carbocycles. The first-order valence-corrected chi connectivity index (χ1v) is 17.6. The first-order chi connectivity index (χ1) is 26.5. The second kappa shape index (κ2) is 19.6. The van der Waals surface area contributed by atoms with Gasteiger partial charge < -0.3 is 129 Å². The number of aliphatic hydroxyl groups is 17. The lowest BCUT2D eigenvalue weighted by atomic mass is 9.99. The van der Waals surface area contributed by atoms with Crippen LogP contribution in [0.25, 0.3) is 0 Å². The Morgan fingerprint density at radius 3 is 1.12 bits per heavy atom. The molecule has 0 saturated carbocycles. The van der Waals surface area contributed by atoms with Crippen molar-refractivity contribution in [2.75, 3.05) is 33.0 Å². The Balaban J connectivity index is 1.17. The van der Waals surface area contributed by atoms with Crippen molar-refractivity contribution in [3.8, 4) is 0 Å². The second-order valence-electron chi connectivity index (χ2n) is 14.0. The van der Waals surface area contributed by atoms with Gasteiger partial charge in [0.2, 0.25) is 0 Å². The zero-order valence-electron chi connectivity index (χ0n) is 29.2. The molecule has 2 unspecified atom stereocenters. The van der Waals surface area contributed by atoms with E-state index in [4.69, 9.17) is 47.7 Å². The minimum absolute atomic E-state index is 0.640. The average Bonchev–Trinajstić information content (AvgIpc) is 3.84. The van der Waals surface area contributed by atoms with Crippen LogP contribution in [-0.4, -0.2) is 273 Å². The molecule has 17 N–H and O–H groups in total. The molecule has 5 rings (SSSR count). The fraction of sp³-hybridized carbons (Fsp3) is 1.00. The van der Waals surface area contributed by atoms with Gasteiger partial charge in [0.05, 0.1) is 33.0 Å². The molecule has 5 fully saturated rings. The van der Waals surface area contributed by atoms with Crippen LogP contribution in [0.3, 0.4) is 0 Å². The van der Waals surface area contributed by atoms with Crippen LogP contribution in [0, 0.1) is 0 Å². The highest BCUT2D eigenvalue weighted by atomic mass is 16.8. The van der Waals surface area contributed by atoms with E-state index in [1.807, 2.05) is 0 Å². The van der Waals surface area contributed by atoms with Crippen LogP contribution in [0.2, 0.25) is 0 Å². The Labute approximate surface area is 316 Å². The average molecular weight is 829 g/mol. The predicted octanol–water partition coefficient (Wildman–Crippen LogP) is -11.9. The fourth-order valence-electron chi connectivity index (χ4n) is 6.95. The first kappa shape index (κ1) is 46.0. The topological polar surface area (TPSA) is 427 Å². The SMILES string of the molecule is OCC(O)[C@@H]1O[C@@H](O[C@H](CO)[C@@H]2O[C@@H](O[C@H](CO)[C@@H]3O[C@@H](O[C@H](CO)[C@@H]4O[C@@H](OC[C@H]5OC(O)[C@@H](O)[C@@H](O)[C@@H]5O)[C@H](O)[C@H]4O)[C@H](O)[C@H]3O)[C@H](O)[C@H]2O)[C@H](O)[C@H]1O. The summed E-state index contributed by atoms with van der Waals surface area (Å²) in [5.41, 5.74) is 0. The minimum Gasteiger partial charge on any atom is -0.394 e. The molecule has 26 heteroatoms. The Morgan fingerprint density at radius 1 is 0.375 bits per heavy atom. The van der Waals surface area contributed by atoms with Gasteiger partial charge in [-0.15, -0.1) is 0 Å². The van der Waals surface area contributed by atoms with Crippen LogP contribution >= 0.6 is 0 Å². The van der Waals surface area contributed by atoms with Gasteiger partial charge in [0.15, 0.2) is 31.5 Å². The molecule has 26 nitrogen and oxygen atoms in total. The number of rotatable bonds is 17. The van der Waals surface area contributed by atoms with E-state index in [0.717, 1.165) is 0 Å². The molecule has 0 spiro atoms. The van der Waals surface area contributed by atoms with Crippen molar-refractivity contribution in [3.63, 3.8) is 0 Å². The second-order valence-corrected chi connectivity index (χ2v) is 14.0. The third kappa shape index (κ3) is 9.31. The van der Waals surface area contributed by atoms with Crippen LogP contribution in [0.1, 0.15) is 0 Å². The predicted molar refractivity (Wildman–Crippen MR) is 167 cm³/mol. The molecule has 0 aromatic heterocycles. The molecule has 56 heavy (non-hydrogen) atoms. The van der Waals surface area contributed by atoms with E-state index >= 15 is 0 Å². The molecule has 0 amide bonds.